The number of fused-ring (bicyclic) bond motifs is 2. The first-order valence-corrected chi connectivity index (χ1v) is 10.6. The van der Waals surface area contributed by atoms with Crippen molar-refractivity contribution in [3.05, 3.63) is 86.1 Å². The van der Waals surface area contributed by atoms with Crippen LogP contribution in [0.25, 0.3) is 14.4 Å². The third-order valence-electron chi connectivity index (χ3n) is 5.54. The van der Waals surface area contributed by atoms with Crippen LogP contribution < -0.4 is 35.3 Å². The molecule has 2 aromatic carbocycles. The minimum Gasteiger partial charge on any atom is -1.00 e. The summed E-state index contributed by atoms with van der Waals surface area (Å²) in [7, 11) is 0. The van der Waals surface area contributed by atoms with Crippen molar-refractivity contribution in [2.45, 2.75) is 41.0 Å². The first-order valence-electron chi connectivity index (χ1n) is 9.37. The van der Waals surface area contributed by atoms with E-state index in [1.165, 1.54) is 76.7 Å². The van der Waals surface area contributed by atoms with E-state index in [2.05, 4.69) is 83.2 Å². The van der Waals surface area contributed by atoms with Gasteiger partial charge in [-0.25, -0.2) is 0 Å². The van der Waals surface area contributed by atoms with E-state index < -0.39 is 0 Å². The van der Waals surface area contributed by atoms with E-state index in [9.17, 15) is 0 Å². The van der Waals surface area contributed by atoms with Crippen molar-refractivity contribution in [2.24, 2.45) is 5.41 Å². The van der Waals surface area contributed by atoms with Crippen molar-refractivity contribution in [3.63, 3.8) is 0 Å². The van der Waals surface area contributed by atoms with E-state index in [0.29, 0.717) is 0 Å². The summed E-state index contributed by atoms with van der Waals surface area (Å²) in [6.45, 7) is 11.4. The van der Waals surface area contributed by atoms with Gasteiger partial charge < -0.3 is 24.8 Å². The molecule has 0 saturated carbocycles. The van der Waals surface area contributed by atoms with Crippen molar-refractivity contribution in [1.82, 2.24) is 0 Å². The number of hydrogen-bond donors (Lipinski definition) is 0. The van der Waals surface area contributed by atoms with Gasteiger partial charge in [-0.3, -0.25) is 0 Å². The molecular formula is C25H25Cl2Zr. The predicted octanol–water partition coefficient (Wildman–Crippen LogP) is -1.05. The second-order valence-electron chi connectivity index (χ2n) is 8.61. The zero-order chi connectivity index (χ0) is 18.6. The quantitative estimate of drug-likeness (QED) is 0.482. The number of allylic oxidation sites excluding steroid dienone is 4. The van der Waals surface area contributed by atoms with Crippen LogP contribution in [-0.4, -0.2) is 0 Å². The minimum atomic E-state index is 0. The Hall–Kier alpha value is -0.877. The van der Waals surface area contributed by atoms with E-state index in [1.807, 2.05) is 0 Å². The Balaban J connectivity index is 0.00000140. The minimum absolute atomic E-state index is 0. The summed E-state index contributed by atoms with van der Waals surface area (Å²) >= 11 is 1.50. The Morgan fingerprint density at radius 2 is 1.50 bits per heavy atom. The topological polar surface area (TPSA) is 0 Å². The van der Waals surface area contributed by atoms with Crippen molar-refractivity contribution in [1.29, 1.82) is 0 Å². The number of rotatable bonds is 1. The van der Waals surface area contributed by atoms with Crippen LogP contribution in [0.4, 0.5) is 0 Å². The fraction of sp³-hybridized carbons (Fsp3) is 0.280. The van der Waals surface area contributed by atoms with E-state index >= 15 is 0 Å². The summed E-state index contributed by atoms with van der Waals surface area (Å²) in [6.07, 6.45) is 5.92. The molecule has 0 spiro atoms. The van der Waals surface area contributed by atoms with Crippen molar-refractivity contribution < 1.29 is 49.5 Å². The largest absolute Gasteiger partial charge is 1.00 e. The third-order valence-corrected chi connectivity index (χ3v) is 6.82. The summed E-state index contributed by atoms with van der Waals surface area (Å²) < 4.78 is 1.51. The Morgan fingerprint density at radius 3 is 2.07 bits per heavy atom. The van der Waals surface area contributed by atoms with Gasteiger partial charge in [0.15, 0.2) is 0 Å². The third kappa shape index (κ3) is 3.79. The summed E-state index contributed by atoms with van der Waals surface area (Å²) in [6, 6.07) is 13.6. The number of hydrogen-bond acceptors (Lipinski definition) is 0. The van der Waals surface area contributed by atoms with Crippen LogP contribution in [0, 0.1) is 15.9 Å². The molecule has 0 nitrogen and oxygen atoms in total. The van der Waals surface area contributed by atoms with E-state index in [1.54, 1.807) is 0 Å². The second kappa shape index (κ2) is 8.47. The molecule has 143 valence electrons. The molecule has 2 aliphatic rings. The molecule has 0 saturated heterocycles. The van der Waals surface area contributed by atoms with Gasteiger partial charge in [-0.2, -0.15) is 0 Å². The SMILES string of the molecule is CC(C)=c1ccc2c(c1C1=CC(C(C)(C)C)=CC1)[C]([Zr+2])=c1ccccc1=2.[Cl-].[Cl-]. The molecule has 0 radical (unpaired) electrons. The van der Waals surface area contributed by atoms with Crippen LogP contribution in [0.2, 0.25) is 0 Å². The molecule has 3 heteroatoms. The summed E-state index contributed by atoms with van der Waals surface area (Å²) in [5, 5.41) is 5.65. The first kappa shape index (κ1) is 23.4. The van der Waals surface area contributed by atoms with Crippen LogP contribution in [0.3, 0.4) is 0 Å². The van der Waals surface area contributed by atoms with E-state index in [-0.39, 0.29) is 30.2 Å². The smallest absolute Gasteiger partial charge is 1.00 e. The Morgan fingerprint density at radius 1 is 0.857 bits per heavy atom. The molecule has 0 aliphatic heterocycles. The molecule has 0 aromatic heterocycles. The van der Waals surface area contributed by atoms with E-state index in [0.717, 1.165) is 6.42 Å². The van der Waals surface area contributed by atoms with Crippen molar-refractivity contribution in [2.75, 3.05) is 0 Å². The monoisotopic (exact) mass is 485 g/mol. The molecule has 2 aromatic rings. The molecule has 0 N–H and O–H groups in total. The van der Waals surface area contributed by atoms with Crippen LogP contribution in [0.5, 0.6) is 0 Å². The summed E-state index contributed by atoms with van der Waals surface area (Å²) in [5.41, 5.74) is 7.51. The average Bonchev–Trinajstić information content (AvgIpc) is 3.19. The fourth-order valence-electron chi connectivity index (χ4n) is 4.13. The van der Waals surface area contributed by atoms with Gasteiger partial charge in [0, 0.05) is 0 Å². The number of halogens is 2. The number of benzene rings is 2. The predicted molar refractivity (Wildman–Crippen MR) is 107 cm³/mol. The molecule has 4 rings (SSSR count). The zero-order valence-corrected chi connectivity index (χ0v) is 21.1. The van der Waals surface area contributed by atoms with Gasteiger partial charge in [0.2, 0.25) is 0 Å². The maximum atomic E-state index is 2.45. The molecule has 0 bridgehead atoms. The molecule has 0 fully saturated rings. The zero-order valence-electron chi connectivity index (χ0n) is 17.1. The van der Waals surface area contributed by atoms with Crippen LogP contribution in [0.1, 0.15) is 52.2 Å². The van der Waals surface area contributed by atoms with Gasteiger partial charge in [-0.1, -0.05) is 0 Å². The molecule has 0 unspecified atom stereocenters. The maximum Gasteiger partial charge on any atom is -1.00 e. The van der Waals surface area contributed by atoms with Gasteiger partial charge in [-0.15, -0.1) is 0 Å². The molecule has 0 heterocycles. The van der Waals surface area contributed by atoms with Gasteiger partial charge in [0.1, 0.15) is 0 Å². The normalized spacial score (nSPS) is 14.5. The molecular weight excluding hydrogens is 462 g/mol. The molecule has 0 amide bonds. The second-order valence-corrected chi connectivity index (χ2v) is 9.84. The Bertz CT molecular complexity index is 1200. The standard InChI is InChI=1S/C25H25.2ClH.Zr/c1-16(2)20-12-13-22-21-9-7-6-8-17(21)15-23(22)24(20)18-10-11-19(14-18)25(3,4)5;;;/h6-9,11-14H,10H2,1-5H3;2*1H;/q;;;+2/p-2. The van der Waals surface area contributed by atoms with Crippen LogP contribution in [-0.2, 0) is 24.7 Å². The molecule has 28 heavy (non-hydrogen) atoms. The maximum absolute atomic E-state index is 2.45. The van der Waals surface area contributed by atoms with Crippen molar-refractivity contribution in [3.8, 4) is 0 Å². The van der Waals surface area contributed by atoms with Gasteiger partial charge >= 0.3 is 172 Å². The average molecular weight is 488 g/mol. The van der Waals surface area contributed by atoms with Gasteiger partial charge in [0.25, 0.3) is 0 Å². The van der Waals surface area contributed by atoms with Crippen molar-refractivity contribution >= 4 is 14.4 Å². The Kier molecular flexibility index (Phi) is 7.08. The molecule has 2 aliphatic carbocycles. The van der Waals surface area contributed by atoms with E-state index in [4.69, 9.17) is 0 Å². The fourth-order valence-corrected chi connectivity index (χ4v) is 5.30. The molecule has 0 atom stereocenters. The Labute approximate surface area is 195 Å². The van der Waals surface area contributed by atoms with Crippen LogP contribution in [0.15, 0.2) is 54.1 Å². The van der Waals surface area contributed by atoms with Gasteiger partial charge in [0.05, 0.1) is 0 Å². The summed E-state index contributed by atoms with van der Waals surface area (Å²) in [5.74, 6) is 0. The first-order chi connectivity index (χ1) is 12.3. The van der Waals surface area contributed by atoms with Gasteiger partial charge in [-0.05, 0) is 0 Å². The van der Waals surface area contributed by atoms with Crippen LogP contribution >= 0.6 is 0 Å². The summed E-state index contributed by atoms with van der Waals surface area (Å²) in [4.78, 5) is 0.